The first kappa shape index (κ1) is 13.5. The molecular formula is C13H10Br2FNO. The first-order chi connectivity index (χ1) is 8.60. The van der Waals surface area contributed by atoms with Crippen LogP contribution in [0.3, 0.4) is 0 Å². The molecule has 18 heavy (non-hydrogen) atoms. The van der Waals surface area contributed by atoms with E-state index in [1.165, 1.54) is 12.1 Å². The third-order valence-electron chi connectivity index (χ3n) is 2.36. The Bertz CT molecular complexity index is 575. The summed E-state index contributed by atoms with van der Waals surface area (Å²) in [6, 6.07) is 9.81. The minimum atomic E-state index is -0.348. The minimum absolute atomic E-state index is 0.348. The lowest BCUT2D eigenvalue weighted by atomic mass is 10.2. The number of hydrogen-bond donors (Lipinski definition) is 1. The molecule has 0 amide bonds. The van der Waals surface area contributed by atoms with E-state index < -0.39 is 0 Å². The molecule has 0 aromatic heterocycles. The Morgan fingerprint density at radius 3 is 2.56 bits per heavy atom. The standard InChI is InChI=1S/C13H10Br2FNO/c14-9-1-4-12(8(5-9)7-17)18-13-6-10(16)2-3-11(13)15/h1-6H,7,17H2. The summed E-state index contributed by atoms with van der Waals surface area (Å²) in [4.78, 5) is 0. The van der Waals surface area contributed by atoms with E-state index >= 15 is 0 Å². The van der Waals surface area contributed by atoms with Gasteiger partial charge in [-0.1, -0.05) is 15.9 Å². The maximum absolute atomic E-state index is 13.2. The van der Waals surface area contributed by atoms with Gasteiger partial charge in [-0.25, -0.2) is 4.39 Å². The van der Waals surface area contributed by atoms with Crippen LogP contribution >= 0.6 is 31.9 Å². The fraction of sp³-hybridized carbons (Fsp3) is 0.0769. The van der Waals surface area contributed by atoms with Gasteiger partial charge < -0.3 is 10.5 Å². The largest absolute Gasteiger partial charge is 0.456 e. The molecule has 0 spiro atoms. The number of hydrogen-bond acceptors (Lipinski definition) is 2. The molecule has 0 atom stereocenters. The normalized spacial score (nSPS) is 10.4. The van der Waals surface area contributed by atoms with Crippen molar-refractivity contribution in [3.63, 3.8) is 0 Å². The molecule has 0 unspecified atom stereocenters. The van der Waals surface area contributed by atoms with Crippen molar-refractivity contribution < 1.29 is 9.13 Å². The Morgan fingerprint density at radius 2 is 1.83 bits per heavy atom. The highest BCUT2D eigenvalue weighted by Gasteiger charge is 2.08. The van der Waals surface area contributed by atoms with E-state index in [9.17, 15) is 4.39 Å². The van der Waals surface area contributed by atoms with Crippen LogP contribution in [0.1, 0.15) is 5.56 Å². The highest BCUT2D eigenvalue weighted by Crippen LogP contribution is 2.33. The molecule has 0 aliphatic rings. The molecule has 0 bridgehead atoms. The van der Waals surface area contributed by atoms with E-state index in [1.807, 2.05) is 12.1 Å². The molecule has 2 aromatic rings. The van der Waals surface area contributed by atoms with E-state index in [1.54, 1.807) is 12.1 Å². The van der Waals surface area contributed by atoms with Gasteiger partial charge in [0, 0.05) is 22.6 Å². The number of nitrogens with two attached hydrogens (primary N) is 1. The lowest BCUT2D eigenvalue weighted by molar-refractivity contribution is 0.468. The predicted molar refractivity (Wildman–Crippen MR) is 76.2 cm³/mol. The molecule has 0 saturated carbocycles. The van der Waals surface area contributed by atoms with Crippen molar-refractivity contribution in [3.8, 4) is 11.5 Å². The van der Waals surface area contributed by atoms with Gasteiger partial charge in [0.15, 0.2) is 0 Å². The van der Waals surface area contributed by atoms with Crippen LogP contribution < -0.4 is 10.5 Å². The summed E-state index contributed by atoms with van der Waals surface area (Å²) in [7, 11) is 0. The SMILES string of the molecule is NCc1cc(Br)ccc1Oc1cc(F)ccc1Br. The second kappa shape index (κ2) is 5.82. The molecule has 0 saturated heterocycles. The summed E-state index contributed by atoms with van der Waals surface area (Å²) in [6.45, 7) is 0.349. The smallest absolute Gasteiger partial charge is 0.144 e. The summed E-state index contributed by atoms with van der Waals surface area (Å²) in [5.41, 5.74) is 6.50. The van der Waals surface area contributed by atoms with Crippen LogP contribution in [-0.4, -0.2) is 0 Å². The molecule has 2 N–H and O–H groups in total. The third-order valence-corrected chi connectivity index (χ3v) is 3.50. The van der Waals surface area contributed by atoms with E-state index in [0.717, 1.165) is 10.0 Å². The van der Waals surface area contributed by atoms with Crippen molar-refractivity contribution in [1.82, 2.24) is 0 Å². The maximum atomic E-state index is 13.2. The third kappa shape index (κ3) is 3.10. The van der Waals surface area contributed by atoms with Crippen molar-refractivity contribution in [2.45, 2.75) is 6.54 Å². The van der Waals surface area contributed by atoms with Gasteiger partial charge >= 0.3 is 0 Å². The van der Waals surface area contributed by atoms with Gasteiger partial charge in [0.25, 0.3) is 0 Å². The summed E-state index contributed by atoms with van der Waals surface area (Å²) in [5, 5.41) is 0. The van der Waals surface area contributed by atoms with Crippen LogP contribution in [0.5, 0.6) is 11.5 Å². The number of halogens is 3. The highest BCUT2D eigenvalue weighted by molar-refractivity contribution is 9.10. The first-order valence-electron chi connectivity index (χ1n) is 5.21. The Kier molecular flexibility index (Phi) is 4.37. The summed E-state index contributed by atoms with van der Waals surface area (Å²) in [5.74, 6) is 0.693. The predicted octanol–water partition coefficient (Wildman–Crippen LogP) is 4.60. The zero-order chi connectivity index (χ0) is 13.1. The fourth-order valence-corrected chi connectivity index (χ4v) is 2.22. The molecule has 2 aromatic carbocycles. The average molecular weight is 375 g/mol. The van der Waals surface area contributed by atoms with Gasteiger partial charge in [0.2, 0.25) is 0 Å². The lowest BCUT2D eigenvalue weighted by Gasteiger charge is -2.11. The number of rotatable bonds is 3. The molecule has 0 aliphatic carbocycles. The first-order valence-corrected chi connectivity index (χ1v) is 6.80. The van der Waals surface area contributed by atoms with Crippen molar-refractivity contribution in [2.75, 3.05) is 0 Å². The summed E-state index contributed by atoms with van der Waals surface area (Å²) in [6.07, 6.45) is 0. The molecule has 0 radical (unpaired) electrons. The Morgan fingerprint density at radius 1 is 1.06 bits per heavy atom. The highest BCUT2D eigenvalue weighted by atomic mass is 79.9. The van der Waals surface area contributed by atoms with Crippen molar-refractivity contribution in [3.05, 3.63) is 56.7 Å². The molecular weight excluding hydrogens is 365 g/mol. The Hall–Kier alpha value is -0.910. The summed E-state index contributed by atoms with van der Waals surface area (Å²) >= 11 is 6.68. The van der Waals surface area contributed by atoms with Gasteiger partial charge in [-0.2, -0.15) is 0 Å². The number of ether oxygens (including phenoxy) is 1. The number of benzene rings is 2. The molecule has 2 rings (SSSR count). The molecule has 2 nitrogen and oxygen atoms in total. The molecule has 94 valence electrons. The van der Waals surface area contributed by atoms with Crippen LogP contribution in [0.15, 0.2) is 45.3 Å². The minimum Gasteiger partial charge on any atom is -0.456 e. The Balaban J connectivity index is 2.36. The van der Waals surface area contributed by atoms with Crippen LogP contribution in [0.2, 0.25) is 0 Å². The average Bonchev–Trinajstić information content (AvgIpc) is 2.36. The zero-order valence-electron chi connectivity index (χ0n) is 9.29. The molecule has 0 fully saturated rings. The second-order valence-corrected chi connectivity index (χ2v) is 5.40. The van der Waals surface area contributed by atoms with Gasteiger partial charge in [0.1, 0.15) is 17.3 Å². The quantitative estimate of drug-likeness (QED) is 0.851. The second-order valence-electron chi connectivity index (χ2n) is 3.63. The van der Waals surface area contributed by atoms with Crippen LogP contribution in [0.25, 0.3) is 0 Å². The monoisotopic (exact) mass is 373 g/mol. The van der Waals surface area contributed by atoms with E-state index in [-0.39, 0.29) is 5.82 Å². The summed E-state index contributed by atoms with van der Waals surface area (Å²) < 4.78 is 20.5. The molecule has 5 heteroatoms. The van der Waals surface area contributed by atoms with Crippen molar-refractivity contribution >= 4 is 31.9 Å². The van der Waals surface area contributed by atoms with Crippen molar-refractivity contribution in [2.24, 2.45) is 5.73 Å². The molecule has 0 aliphatic heterocycles. The van der Waals surface area contributed by atoms with Gasteiger partial charge in [-0.15, -0.1) is 0 Å². The van der Waals surface area contributed by atoms with Gasteiger partial charge in [0.05, 0.1) is 4.47 Å². The van der Waals surface area contributed by atoms with Crippen LogP contribution in [0.4, 0.5) is 4.39 Å². The zero-order valence-corrected chi connectivity index (χ0v) is 12.5. The Labute approximate surface area is 121 Å². The van der Waals surface area contributed by atoms with Gasteiger partial charge in [-0.05, 0) is 46.3 Å². The molecule has 0 heterocycles. The maximum Gasteiger partial charge on any atom is 0.144 e. The van der Waals surface area contributed by atoms with E-state index in [2.05, 4.69) is 31.9 Å². The van der Waals surface area contributed by atoms with Gasteiger partial charge in [-0.3, -0.25) is 0 Å². The topological polar surface area (TPSA) is 35.2 Å². The van der Waals surface area contributed by atoms with E-state index in [0.29, 0.717) is 22.5 Å². The van der Waals surface area contributed by atoms with Crippen LogP contribution in [-0.2, 0) is 6.54 Å². The van der Waals surface area contributed by atoms with Crippen LogP contribution in [0, 0.1) is 5.82 Å². The van der Waals surface area contributed by atoms with E-state index in [4.69, 9.17) is 10.5 Å². The van der Waals surface area contributed by atoms with Crippen molar-refractivity contribution in [1.29, 1.82) is 0 Å². The fourth-order valence-electron chi connectivity index (χ4n) is 1.48. The lowest BCUT2D eigenvalue weighted by Crippen LogP contribution is -1.99.